The number of piperidine rings is 1. The Hall–Kier alpha value is -3.17. The first kappa shape index (κ1) is 18.8. The van der Waals surface area contributed by atoms with E-state index in [1.807, 2.05) is 30.3 Å². The molecule has 0 aliphatic carbocycles. The van der Waals surface area contributed by atoms with Gasteiger partial charge in [0.2, 0.25) is 5.91 Å². The first-order valence-corrected chi connectivity index (χ1v) is 10.1. The molecule has 1 fully saturated rings. The maximum absolute atomic E-state index is 12.5. The van der Waals surface area contributed by atoms with Crippen LogP contribution in [-0.2, 0) is 9.63 Å². The zero-order chi connectivity index (χ0) is 20.4. The number of nitrogens with one attached hydrogen (secondary N) is 2. The van der Waals surface area contributed by atoms with Crippen LogP contribution < -0.4 is 20.3 Å². The lowest BCUT2D eigenvalue weighted by Gasteiger charge is -2.35. The maximum atomic E-state index is 12.5. The smallest absolute Gasteiger partial charge is 0.238 e. The molecule has 0 unspecified atom stereocenters. The van der Waals surface area contributed by atoms with Crippen molar-refractivity contribution in [2.24, 2.45) is 4.99 Å². The summed E-state index contributed by atoms with van der Waals surface area (Å²) >= 11 is 0. The zero-order valence-electron chi connectivity index (χ0n) is 16.5. The van der Waals surface area contributed by atoms with E-state index in [2.05, 4.69) is 20.7 Å². The highest BCUT2D eigenvalue weighted by atomic mass is 16.7. The fourth-order valence-corrected chi connectivity index (χ4v) is 3.80. The number of rotatable bonds is 4. The highest BCUT2D eigenvalue weighted by Crippen LogP contribution is 2.33. The van der Waals surface area contributed by atoms with Crippen molar-refractivity contribution in [3.05, 3.63) is 48.3 Å². The molecule has 2 N–H and O–H groups in total. The normalized spacial score (nSPS) is 19.8. The Kier molecular flexibility index (Phi) is 4.97. The Morgan fingerprint density at radius 2 is 1.97 bits per heavy atom. The number of anilines is 1. The summed E-state index contributed by atoms with van der Waals surface area (Å²) in [4.78, 5) is 29.5. The average molecular weight is 409 g/mol. The van der Waals surface area contributed by atoms with E-state index in [0.29, 0.717) is 55.6 Å². The van der Waals surface area contributed by atoms with Gasteiger partial charge in [0.05, 0.1) is 6.54 Å². The predicted molar refractivity (Wildman–Crippen MR) is 109 cm³/mol. The molecule has 3 aliphatic heterocycles. The third-order valence-electron chi connectivity index (χ3n) is 5.39. The number of hydrogen-bond acceptors (Lipinski definition) is 8. The number of amides is 1. The second-order valence-electron chi connectivity index (χ2n) is 7.51. The van der Waals surface area contributed by atoms with Crippen LogP contribution in [0.4, 0.5) is 5.69 Å². The molecular formula is C21H23N5O4. The third kappa shape index (κ3) is 3.94. The fraction of sp³-hybridized carbons (Fsp3) is 0.381. The Bertz CT molecular complexity index is 957. The minimum Gasteiger partial charge on any atom is -0.486 e. The van der Waals surface area contributed by atoms with Gasteiger partial charge in [0.25, 0.3) is 0 Å². The molecule has 0 radical (unpaired) electrons. The van der Waals surface area contributed by atoms with Crippen LogP contribution in [0.3, 0.4) is 0 Å². The summed E-state index contributed by atoms with van der Waals surface area (Å²) in [5.74, 6) is 1.95. The molecule has 156 valence electrons. The Labute approximate surface area is 174 Å². The summed E-state index contributed by atoms with van der Waals surface area (Å²) in [6.07, 6.45) is 3.13. The van der Waals surface area contributed by atoms with Crippen LogP contribution in [0.2, 0.25) is 0 Å². The van der Waals surface area contributed by atoms with Crippen molar-refractivity contribution in [3.63, 3.8) is 0 Å². The predicted octanol–water partition coefficient (Wildman–Crippen LogP) is 1.56. The summed E-state index contributed by atoms with van der Waals surface area (Å²) in [6.45, 7) is 2.81. The van der Waals surface area contributed by atoms with E-state index in [1.165, 1.54) is 0 Å². The number of hydroxylamine groups is 1. The van der Waals surface area contributed by atoms with Gasteiger partial charge in [-0.2, -0.15) is 0 Å². The molecule has 2 aromatic rings. The summed E-state index contributed by atoms with van der Waals surface area (Å²) in [6, 6.07) is 11.1. The number of likely N-dealkylation sites (tertiary alicyclic amines) is 1. The molecule has 1 spiro atoms. The van der Waals surface area contributed by atoms with Gasteiger partial charge in [-0.05, 0) is 24.3 Å². The van der Waals surface area contributed by atoms with E-state index in [1.54, 1.807) is 12.3 Å². The van der Waals surface area contributed by atoms with Gasteiger partial charge in [0.15, 0.2) is 23.1 Å². The zero-order valence-corrected chi connectivity index (χ0v) is 16.5. The lowest BCUT2D eigenvalue weighted by Crippen LogP contribution is -2.46. The number of ether oxygens (including phenoxy) is 2. The summed E-state index contributed by atoms with van der Waals surface area (Å²) < 4.78 is 11.1. The number of aliphatic imine (C=N–C) groups is 1. The van der Waals surface area contributed by atoms with Gasteiger partial charge in [-0.1, -0.05) is 6.07 Å². The topological polar surface area (TPSA) is 97.3 Å². The molecule has 5 rings (SSSR count). The number of amidine groups is 1. The van der Waals surface area contributed by atoms with Gasteiger partial charge in [-0.3, -0.25) is 14.7 Å². The second kappa shape index (κ2) is 7.92. The summed E-state index contributed by atoms with van der Waals surface area (Å²) in [7, 11) is 0. The molecule has 0 atom stereocenters. The molecule has 1 saturated heterocycles. The van der Waals surface area contributed by atoms with Crippen molar-refractivity contribution < 1.29 is 19.1 Å². The molecule has 30 heavy (non-hydrogen) atoms. The lowest BCUT2D eigenvalue weighted by molar-refractivity contribution is -0.120. The van der Waals surface area contributed by atoms with Crippen LogP contribution >= 0.6 is 0 Å². The van der Waals surface area contributed by atoms with Gasteiger partial charge in [-0.15, -0.1) is 0 Å². The Morgan fingerprint density at radius 3 is 2.77 bits per heavy atom. The van der Waals surface area contributed by atoms with Crippen molar-refractivity contribution in [2.45, 2.75) is 18.6 Å². The van der Waals surface area contributed by atoms with Gasteiger partial charge in [-0.25, -0.2) is 15.3 Å². The maximum Gasteiger partial charge on any atom is 0.238 e. The van der Waals surface area contributed by atoms with Crippen LogP contribution in [0.25, 0.3) is 0 Å². The largest absolute Gasteiger partial charge is 0.486 e. The van der Waals surface area contributed by atoms with Crippen LogP contribution in [0.1, 0.15) is 18.5 Å². The molecule has 3 aliphatic rings. The first-order valence-electron chi connectivity index (χ1n) is 10.1. The van der Waals surface area contributed by atoms with Gasteiger partial charge in [0, 0.05) is 43.9 Å². The number of nitrogens with zero attached hydrogens (tertiary/aromatic N) is 3. The molecule has 0 saturated carbocycles. The highest BCUT2D eigenvalue weighted by Gasteiger charge is 2.40. The van der Waals surface area contributed by atoms with Crippen molar-refractivity contribution >= 4 is 17.4 Å². The van der Waals surface area contributed by atoms with Crippen LogP contribution in [0.15, 0.2) is 47.6 Å². The van der Waals surface area contributed by atoms with E-state index >= 15 is 0 Å². The van der Waals surface area contributed by atoms with Gasteiger partial charge < -0.3 is 14.8 Å². The SMILES string of the molecule is O=C(CN1CCC2(CC1)N=C(c1ccccn1)NO2)Nc1ccc2c(c1)OCCO2. The highest BCUT2D eigenvalue weighted by molar-refractivity contribution is 5.97. The summed E-state index contributed by atoms with van der Waals surface area (Å²) in [5, 5.41) is 2.93. The molecule has 1 aromatic carbocycles. The number of carbonyl (C=O) groups is 1. The van der Waals surface area contributed by atoms with E-state index in [0.717, 1.165) is 18.8 Å². The number of carbonyl (C=O) groups excluding carboxylic acids is 1. The van der Waals surface area contributed by atoms with Gasteiger partial charge >= 0.3 is 0 Å². The number of fused-ring (bicyclic) bond motifs is 1. The molecule has 1 amide bonds. The van der Waals surface area contributed by atoms with E-state index < -0.39 is 5.72 Å². The van der Waals surface area contributed by atoms with Crippen LogP contribution in [0.5, 0.6) is 11.5 Å². The van der Waals surface area contributed by atoms with E-state index in [9.17, 15) is 4.79 Å². The molecule has 9 heteroatoms. The Morgan fingerprint density at radius 1 is 1.13 bits per heavy atom. The molecule has 9 nitrogen and oxygen atoms in total. The molecule has 1 aromatic heterocycles. The number of benzene rings is 1. The number of hydrogen-bond donors (Lipinski definition) is 2. The first-order chi connectivity index (χ1) is 14.7. The molecular weight excluding hydrogens is 386 g/mol. The quantitative estimate of drug-likeness (QED) is 0.791. The van der Waals surface area contributed by atoms with E-state index in [4.69, 9.17) is 19.3 Å². The average Bonchev–Trinajstić information content (AvgIpc) is 3.20. The fourth-order valence-electron chi connectivity index (χ4n) is 3.80. The lowest BCUT2D eigenvalue weighted by atomic mass is 10.0. The van der Waals surface area contributed by atoms with Crippen molar-refractivity contribution in [1.29, 1.82) is 0 Å². The van der Waals surface area contributed by atoms with Crippen molar-refractivity contribution in [2.75, 3.05) is 38.2 Å². The van der Waals surface area contributed by atoms with E-state index in [-0.39, 0.29) is 5.91 Å². The minimum absolute atomic E-state index is 0.0641. The number of pyridine rings is 1. The monoisotopic (exact) mass is 409 g/mol. The summed E-state index contributed by atoms with van der Waals surface area (Å²) in [5.41, 5.74) is 3.79. The number of aromatic nitrogens is 1. The van der Waals surface area contributed by atoms with Crippen molar-refractivity contribution in [3.8, 4) is 11.5 Å². The second-order valence-corrected chi connectivity index (χ2v) is 7.51. The third-order valence-corrected chi connectivity index (χ3v) is 5.39. The molecule has 4 heterocycles. The van der Waals surface area contributed by atoms with Gasteiger partial charge in [0.1, 0.15) is 18.9 Å². The Balaban J connectivity index is 1.15. The minimum atomic E-state index is -0.588. The van der Waals surface area contributed by atoms with Crippen molar-refractivity contribution in [1.82, 2.24) is 15.4 Å². The molecule has 0 bridgehead atoms. The van der Waals surface area contributed by atoms with Crippen LogP contribution in [0, 0.1) is 0 Å². The van der Waals surface area contributed by atoms with Crippen LogP contribution in [-0.4, -0.2) is 60.2 Å². The standard InChI is InChI=1S/C21H23N5O4/c27-19(23-15-4-5-17-18(13-15)29-12-11-28-17)14-26-9-6-21(7-10-26)24-20(25-30-21)16-3-1-2-8-22-16/h1-5,8,13H,6-7,9-12,14H2,(H,23,27)(H,24,25).